The number of benzene rings is 1. The molecular formula is C17H22ClFN4S. The van der Waals surface area contributed by atoms with Gasteiger partial charge in [-0.25, -0.2) is 14.4 Å². The fourth-order valence-corrected chi connectivity index (χ4v) is 3.41. The Labute approximate surface area is 151 Å². The molecule has 0 saturated heterocycles. The van der Waals surface area contributed by atoms with Crippen LogP contribution in [0.15, 0.2) is 23.2 Å². The first-order valence-corrected chi connectivity index (χ1v) is 9.08. The highest BCUT2D eigenvalue weighted by Gasteiger charge is 2.08. The highest BCUT2D eigenvalue weighted by atomic mass is 35.5. The largest absolute Gasteiger partial charge is 0.357 e. The molecule has 1 aromatic carbocycles. The topological polar surface area (TPSA) is 49.3 Å². The van der Waals surface area contributed by atoms with Crippen molar-refractivity contribution in [3.05, 3.63) is 50.2 Å². The monoisotopic (exact) mass is 368 g/mol. The number of nitrogens with zero attached hydrogens (tertiary/aromatic N) is 2. The van der Waals surface area contributed by atoms with Crippen LogP contribution in [0.4, 0.5) is 4.39 Å². The van der Waals surface area contributed by atoms with Gasteiger partial charge in [-0.15, -0.1) is 11.3 Å². The first-order chi connectivity index (χ1) is 11.5. The number of hydrogen-bond donors (Lipinski definition) is 2. The number of rotatable bonds is 6. The molecule has 2 rings (SSSR count). The van der Waals surface area contributed by atoms with E-state index in [4.69, 9.17) is 11.6 Å². The van der Waals surface area contributed by atoms with E-state index in [0.717, 1.165) is 22.1 Å². The second-order valence-corrected chi connectivity index (χ2v) is 7.01. The maximum atomic E-state index is 13.8. The number of nitrogens with one attached hydrogen (secondary N) is 2. The summed E-state index contributed by atoms with van der Waals surface area (Å²) in [7, 11) is 0. The van der Waals surface area contributed by atoms with Crippen molar-refractivity contribution in [3.8, 4) is 0 Å². The van der Waals surface area contributed by atoms with Crippen LogP contribution >= 0.6 is 22.9 Å². The Kier molecular flexibility index (Phi) is 6.99. The number of aromatic nitrogens is 1. The zero-order valence-corrected chi connectivity index (χ0v) is 15.7. The Morgan fingerprint density at radius 1 is 1.33 bits per heavy atom. The predicted octanol–water partition coefficient (Wildman–Crippen LogP) is 3.85. The van der Waals surface area contributed by atoms with Crippen LogP contribution in [-0.4, -0.2) is 24.0 Å². The van der Waals surface area contributed by atoms with Crippen molar-refractivity contribution in [1.82, 2.24) is 15.6 Å². The maximum absolute atomic E-state index is 13.8. The Hall–Kier alpha value is -1.66. The first kappa shape index (κ1) is 18.7. The summed E-state index contributed by atoms with van der Waals surface area (Å²) in [6.07, 6.45) is 0.495. The minimum Gasteiger partial charge on any atom is -0.357 e. The van der Waals surface area contributed by atoms with E-state index in [1.807, 2.05) is 20.8 Å². The first-order valence-electron chi connectivity index (χ1n) is 7.89. The number of hydrogen-bond acceptors (Lipinski definition) is 3. The normalized spacial score (nSPS) is 11.6. The van der Waals surface area contributed by atoms with E-state index in [2.05, 4.69) is 20.6 Å². The summed E-state index contributed by atoms with van der Waals surface area (Å²) in [6, 6.07) is 4.74. The highest BCUT2D eigenvalue weighted by Crippen LogP contribution is 2.19. The van der Waals surface area contributed by atoms with Crippen LogP contribution in [0.2, 0.25) is 5.02 Å². The van der Waals surface area contributed by atoms with E-state index >= 15 is 0 Å². The summed E-state index contributed by atoms with van der Waals surface area (Å²) in [5.74, 6) is 0.428. The van der Waals surface area contributed by atoms with Crippen molar-refractivity contribution in [2.75, 3.05) is 13.1 Å². The smallest absolute Gasteiger partial charge is 0.191 e. The maximum Gasteiger partial charge on any atom is 0.191 e. The van der Waals surface area contributed by atoms with Crippen molar-refractivity contribution in [1.29, 1.82) is 0 Å². The molecule has 0 saturated carbocycles. The van der Waals surface area contributed by atoms with Crippen LogP contribution in [0.25, 0.3) is 0 Å². The summed E-state index contributed by atoms with van der Waals surface area (Å²) < 4.78 is 13.8. The van der Waals surface area contributed by atoms with E-state index in [1.54, 1.807) is 23.5 Å². The molecule has 0 atom stereocenters. The fourth-order valence-electron chi connectivity index (χ4n) is 2.29. The quantitative estimate of drug-likeness (QED) is 0.601. The second kappa shape index (κ2) is 8.99. The third-order valence-corrected chi connectivity index (χ3v) is 4.87. The second-order valence-electron chi connectivity index (χ2n) is 5.31. The molecule has 0 unspecified atom stereocenters. The van der Waals surface area contributed by atoms with Crippen LogP contribution in [-0.2, 0) is 13.0 Å². The van der Waals surface area contributed by atoms with Gasteiger partial charge in [0.05, 0.1) is 17.2 Å². The van der Waals surface area contributed by atoms with Crippen LogP contribution in [0.1, 0.15) is 28.1 Å². The van der Waals surface area contributed by atoms with Crippen LogP contribution in [0, 0.1) is 19.7 Å². The molecule has 2 N–H and O–H groups in total. The average Bonchev–Trinajstić information content (AvgIpc) is 2.85. The number of aryl methyl sites for hydroxylation is 2. The molecule has 0 amide bonds. The predicted molar refractivity (Wildman–Crippen MR) is 99.5 cm³/mol. The summed E-state index contributed by atoms with van der Waals surface area (Å²) in [5, 5.41) is 7.91. The molecule has 0 fully saturated rings. The molecule has 4 nitrogen and oxygen atoms in total. The third-order valence-electron chi connectivity index (χ3n) is 3.45. The minimum atomic E-state index is -0.276. The third kappa shape index (κ3) is 5.18. The van der Waals surface area contributed by atoms with Gasteiger partial charge in [0.1, 0.15) is 5.82 Å². The molecule has 2 aromatic rings. The molecule has 0 aliphatic heterocycles. The molecule has 0 aliphatic rings. The van der Waals surface area contributed by atoms with Gasteiger partial charge in [-0.2, -0.15) is 0 Å². The summed E-state index contributed by atoms with van der Waals surface area (Å²) in [4.78, 5) is 10.1. The lowest BCUT2D eigenvalue weighted by Gasteiger charge is -2.12. The molecule has 1 heterocycles. The molecule has 0 bridgehead atoms. The lowest BCUT2D eigenvalue weighted by Crippen LogP contribution is -2.38. The van der Waals surface area contributed by atoms with E-state index in [-0.39, 0.29) is 5.82 Å². The molecule has 7 heteroatoms. The molecule has 0 radical (unpaired) electrons. The Morgan fingerprint density at radius 2 is 2.12 bits per heavy atom. The number of halogens is 2. The number of aliphatic imine (C=N–C) groups is 1. The Balaban J connectivity index is 1.95. The van der Waals surface area contributed by atoms with Crippen molar-refractivity contribution in [2.24, 2.45) is 4.99 Å². The highest BCUT2D eigenvalue weighted by molar-refractivity contribution is 7.11. The number of thiazole rings is 1. The van der Waals surface area contributed by atoms with Gasteiger partial charge in [0.2, 0.25) is 0 Å². The lowest BCUT2D eigenvalue weighted by molar-refractivity contribution is 0.607. The zero-order valence-electron chi connectivity index (χ0n) is 14.1. The average molecular weight is 369 g/mol. The summed E-state index contributed by atoms with van der Waals surface area (Å²) in [6.45, 7) is 7.88. The molecule has 1 aromatic heterocycles. The van der Waals surface area contributed by atoms with Gasteiger partial charge >= 0.3 is 0 Å². The standard InChI is InChI=1S/C17H22ClFN4S/c1-4-20-17(22-10-16-11(2)23-12(3)24-16)21-9-8-13-14(18)6-5-7-15(13)19/h5-7H,4,8-10H2,1-3H3,(H2,20,21,22). The van der Waals surface area contributed by atoms with Gasteiger partial charge in [0.25, 0.3) is 0 Å². The van der Waals surface area contributed by atoms with Gasteiger partial charge < -0.3 is 10.6 Å². The lowest BCUT2D eigenvalue weighted by atomic mass is 10.1. The SMILES string of the molecule is CCNC(=NCc1sc(C)nc1C)NCCc1c(F)cccc1Cl. The molecule has 24 heavy (non-hydrogen) atoms. The van der Waals surface area contributed by atoms with Gasteiger partial charge in [0, 0.05) is 28.6 Å². The van der Waals surface area contributed by atoms with Gasteiger partial charge in [0.15, 0.2) is 5.96 Å². The van der Waals surface area contributed by atoms with Crippen LogP contribution < -0.4 is 10.6 Å². The molecular weight excluding hydrogens is 347 g/mol. The summed E-state index contributed by atoms with van der Waals surface area (Å²) >= 11 is 7.71. The molecule has 0 spiro atoms. The molecule has 0 aliphatic carbocycles. The van der Waals surface area contributed by atoms with Gasteiger partial charge in [-0.3, -0.25) is 0 Å². The van der Waals surface area contributed by atoms with E-state index < -0.39 is 0 Å². The Bertz CT molecular complexity index is 694. The van der Waals surface area contributed by atoms with Crippen molar-refractivity contribution < 1.29 is 4.39 Å². The van der Waals surface area contributed by atoms with Crippen LogP contribution in [0.5, 0.6) is 0 Å². The van der Waals surface area contributed by atoms with E-state index in [9.17, 15) is 4.39 Å². The van der Waals surface area contributed by atoms with Crippen molar-refractivity contribution in [2.45, 2.75) is 33.7 Å². The van der Waals surface area contributed by atoms with Crippen LogP contribution in [0.3, 0.4) is 0 Å². The van der Waals surface area contributed by atoms with Gasteiger partial charge in [-0.05, 0) is 39.3 Å². The van der Waals surface area contributed by atoms with E-state index in [0.29, 0.717) is 36.1 Å². The number of guanidine groups is 1. The minimum absolute atomic E-state index is 0.276. The van der Waals surface area contributed by atoms with Crippen molar-refractivity contribution in [3.63, 3.8) is 0 Å². The van der Waals surface area contributed by atoms with Gasteiger partial charge in [-0.1, -0.05) is 17.7 Å². The zero-order chi connectivity index (χ0) is 17.5. The van der Waals surface area contributed by atoms with Crippen molar-refractivity contribution >= 4 is 28.9 Å². The summed E-state index contributed by atoms with van der Waals surface area (Å²) in [5.41, 5.74) is 1.55. The fraction of sp³-hybridized carbons (Fsp3) is 0.412. The molecule has 130 valence electrons. The Morgan fingerprint density at radius 3 is 2.75 bits per heavy atom. The van der Waals surface area contributed by atoms with E-state index in [1.165, 1.54) is 6.07 Å².